The predicted octanol–water partition coefficient (Wildman–Crippen LogP) is 2.35. The molecule has 2 atom stereocenters. The molecule has 0 aliphatic heterocycles. The first kappa shape index (κ1) is 18.3. The molecule has 30 heavy (non-hydrogen) atoms. The third-order valence-electron chi connectivity index (χ3n) is 5.43. The average Bonchev–Trinajstić information content (AvgIpc) is 3.35. The topological polar surface area (TPSA) is 103 Å². The van der Waals surface area contributed by atoms with Crippen LogP contribution in [0.15, 0.2) is 59.9 Å². The van der Waals surface area contributed by atoms with Gasteiger partial charge in [0.25, 0.3) is 5.56 Å². The van der Waals surface area contributed by atoms with Crippen molar-refractivity contribution in [2.75, 3.05) is 10.6 Å². The van der Waals surface area contributed by atoms with Crippen LogP contribution in [0.25, 0.3) is 16.9 Å². The number of nitrogens with zero attached hydrogens (tertiary/aromatic N) is 6. The lowest BCUT2D eigenvalue weighted by atomic mass is 10.2. The standard InChI is InChI=1S/C21H22N8O/c1-28-21-17(12-24-28)22-13-19(27-21)26-15-6-5-14(10-15)25-18-8-7-16(11-23-18)29-9-3-2-4-20(29)30/h2-4,7-9,11-15H,5-6,10H2,1H3,(H,23,25)(H,26,27)/t14-,15-/m0/s1. The van der Waals surface area contributed by atoms with Gasteiger partial charge in [0.05, 0.1) is 24.3 Å². The van der Waals surface area contributed by atoms with Crippen LogP contribution in [0.4, 0.5) is 11.6 Å². The van der Waals surface area contributed by atoms with Gasteiger partial charge in [-0.3, -0.25) is 9.36 Å². The van der Waals surface area contributed by atoms with Crippen molar-refractivity contribution in [3.63, 3.8) is 0 Å². The monoisotopic (exact) mass is 402 g/mol. The van der Waals surface area contributed by atoms with Crippen LogP contribution in [-0.4, -0.2) is 41.4 Å². The SMILES string of the molecule is Cn1ncc2ncc(N[C@H]3CC[C@H](Nc4ccc(-n5ccccc5=O)cn4)C3)nc21. The second-order valence-electron chi connectivity index (χ2n) is 7.54. The second kappa shape index (κ2) is 7.58. The van der Waals surface area contributed by atoms with Gasteiger partial charge in [-0.15, -0.1) is 0 Å². The van der Waals surface area contributed by atoms with Crippen LogP contribution < -0.4 is 16.2 Å². The Hall–Kier alpha value is -3.75. The maximum Gasteiger partial charge on any atom is 0.255 e. The van der Waals surface area contributed by atoms with Gasteiger partial charge in [0.1, 0.15) is 17.2 Å². The average molecular weight is 402 g/mol. The number of nitrogens with one attached hydrogen (secondary N) is 2. The van der Waals surface area contributed by atoms with Crippen LogP contribution in [0.2, 0.25) is 0 Å². The second-order valence-corrected chi connectivity index (χ2v) is 7.54. The van der Waals surface area contributed by atoms with Crippen molar-refractivity contribution in [3.8, 4) is 5.69 Å². The molecule has 1 saturated carbocycles. The molecule has 1 fully saturated rings. The van der Waals surface area contributed by atoms with Gasteiger partial charge in [-0.25, -0.2) is 19.6 Å². The van der Waals surface area contributed by atoms with E-state index in [9.17, 15) is 4.79 Å². The number of rotatable bonds is 5. The first-order chi connectivity index (χ1) is 14.7. The highest BCUT2D eigenvalue weighted by Gasteiger charge is 2.25. The highest BCUT2D eigenvalue weighted by Crippen LogP contribution is 2.25. The summed E-state index contributed by atoms with van der Waals surface area (Å²) in [6, 6.07) is 9.56. The number of pyridine rings is 2. The number of anilines is 2. The minimum Gasteiger partial charge on any atom is -0.367 e. The zero-order valence-electron chi connectivity index (χ0n) is 16.6. The Kier molecular flexibility index (Phi) is 4.62. The number of aryl methyl sites for hydroxylation is 1. The van der Waals surface area contributed by atoms with E-state index in [4.69, 9.17) is 0 Å². The predicted molar refractivity (Wildman–Crippen MR) is 115 cm³/mol. The molecule has 152 valence electrons. The molecule has 4 aromatic rings. The molecule has 0 spiro atoms. The summed E-state index contributed by atoms with van der Waals surface area (Å²) in [5.74, 6) is 1.58. The zero-order chi connectivity index (χ0) is 20.5. The highest BCUT2D eigenvalue weighted by molar-refractivity contribution is 5.70. The maximum absolute atomic E-state index is 11.9. The van der Waals surface area contributed by atoms with Gasteiger partial charge in [0.2, 0.25) is 0 Å². The van der Waals surface area contributed by atoms with Gasteiger partial charge < -0.3 is 10.6 Å². The Labute approximate surface area is 172 Å². The van der Waals surface area contributed by atoms with E-state index in [0.717, 1.165) is 47.7 Å². The molecule has 1 aliphatic carbocycles. The summed E-state index contributed by atoms with van der Waals surface area (Å²) in [6.07, 6.45) is 9.98. The number of aromatic nitrogens is 6. The third-order valence-corrected chi connectivity index (χ3v) is 5.43. The Morgan fingerprint density at radius 1 is 0.967 bits per heavy atom. The molecule has 9 nitrogen and oxygen atoms in total. The maximum atomic E-state index is 11.9. The summed E-state index contributed by atoms with van der Waals surface area (Å²) < 4.78 is 3.30. The molecule has 0 radical (unpaired) electrons. The van der Waals surface area contributed by atoms with Crippen LogP contribution >= 0.6 is 0 Å². The number of fused-ring (bicyclic) bond motifs is 1. The molecular formula is C21H22N8O. The summed E-state index contributed by atoms with van der Waals surface area (Å²) >= 11 is 0. The molecular weight excluding hydrogens is 380 g/mol. The Morgan fingerprint density at radius 2 is 1.80 bits per heavy atom. The lowest BCUT2D eigenvalue weighted by Gasteiger charge is -2.16. The fourth-order valence-electron chi connectivity index (χ4n) is 3.90. The summed E-state index contributed by atoms with van der Waals surface area (Å²) in [4.78, 5) is 25.5. The first-order valence-electron chi connectivity index (χ1n) is 9.98. The lowest BCUT2D eigenvalue weighted by Crippen LogP contribution is -2.22. The van der Waals surface area contributed by atoms with Gasteiger partial charge in [-0.2, -0.15) is 5.10 Å². The van der Waals surface area contributed by atoms with Crippen LogP contribution in [0.1, 0.15) is 19.3 Å². The largest absolute Gasteiger partial charge is 0.367 e. The van der Waals surface area contributed by atoms with Crippen molar-refractivity contribution in [3.05, 3.63) is 65.5 Å². The van der Waals surface area contributed by atoms with Gasteiger partial charge in [0, 0.05) is 31.4 Å². The van der Waals surface area contributed by atoms with Gasteiger partial charge >= 0.3 is 0 Å². The van der Waals surface area contributed by atoms with Gasteiger partial charge in [-0.1, -0.05) is 6.07 Å². The van der Waals surface area contributed by atoms with Crippen molar-refractivity contribution in [1.82, 2.24) is 29.3 Å². The lowest BCUT2D eigenvalue weighted by molar-refractivity contribution is 0.719. The van der Waals surface area contributed by atoms with E-state index in [2.05, 4.69) is 30.7 Å². The summed E-state index contributed by atoms with van der Waals surface area (Å²) in [6.45, 7) is 0. The fourth-order valence-corrected chi connectivity index (χ4v) is 3.90. The van der Waals surface area contributed by atoms with E-state index in [-0.39, 0.29) is 5.56 Å². The molecule has 0 aromatic carbocycles. The smallest absolute Gasteiger partial charge is 0.255 e. The zero-order valence-corrected chi connectivity index (χ0v) is 16.6. The molecule has 0 unspecified atom stereocenters. The van der Waals surface area contributed by atoms with Crippen LogP contribution in [0.3, 0.4) is 0 Å². The van der Waals surface area contributed by atoms with Crippen LogP contribution in [0.5, 0.6) is 0 Å². The summed E-state index contributed by atoms with van der Waals surface area (Å²) in [5, 5.41) is 11.2. The van der Waals surface area contributed by atoms with E-state index >= 15 is 0 Å². The normalized spacial score (nSPS) is 18.6. The minimum atomic E-state index is -0.0721. The molecule has 4 aromatic heterocycles. The van der Waals surface area contributed by atoms with E-state index in [1.807, 2.05) is 25.2 Å². The molecule has 9 heteroatoms. The van der Waals surface area contributed by atoms with Gasteiger partial charge in [-0.05, 0) is 37.5 Å². The first-order valence-corrected chi connectivity index (χ1v) is 9.98. The van der Waals surface area contributed by atoms with Crippen molar-refractivity contribution in [1.29, 1.82) is 0 Å². The Bertz CT molecular complexity index is 1230. The quantitative estimate of drug-likeness (QED) is 0.528. The molecule has 0 bridgehead atoms. The summed E-state index contributed by atoms with van der Waals surface area (Å²) in [5.41, 5.74) is 2.24. The van der Waals surface area contributed by atoms with E-state index in [1.165, 1.54) is 6.07 Å². The number of hydrogen-bond acceptors (Lipinski definition) is 7. The number of hydrogen-bond donors (Lipinski definition) is 2. The molecule has 0 amide bonds. The van der Waals surface area contributed by atoms with E-state index in [0.29, 0.717) is 12.1 Å². The van der Waals surface area contributed by atoms with Crippen LogP contribution in [-0.2, 0) is 7.05 Å². The van der Waals surface area contributed by atoms with E-state index < -0.39 is 0 Å². The van der Waals surface area contributed by atoms with Crippen molar-refractivity contribution < 1.29 is 0 Å². The fraction of sp³-hybridized carbons (Fsp3) is 0.286. The van der Waals surface area contributed by atoms with Crippen molar-refractivity contribution >= 4 is 22.8 Å². The van der Waals surface area contributed by atoms with Gasteiger partial charge in [0.15, 0.2) is 5.65 Å². The van der Waals surface area contributed by atoms with Crippen LogP contribution in [0, 0.1) is 0 Å². The summed E-state index contributed by atoms with van der Waals surface area (Å²) in [7, 11) is 1.86. The van der Waals surface area contributed by atoms with Crippen molar-refractivity contribution in [2.45, 2.75) is 31.3 Å². The minimum absolute atomic E-state index is 0.0721. The molecule has 4 heterocycles. The molecule has 5 rings (SSSR count). The van der Waals surface area contributed by atoms with Crippen molar-refractivity contribution in [2.24, 2.45) is 7.05 Å². The third kappa shape index (κ3) is 3.61. The Morgan fingerprint density at radius 3 is 2.57 bits per heavy atom. The molecule has 0 saturated heterocycles. The van der Waals surface area contributed by atoms with E-state index in [1.54, 1.807) is 40.1 Å². The molecule has 1 aliphatic rings. The molecule has 2 N–H and O–H groups in total. The Balaban J connectivity index is 1.21. The highest BCUT2D eigenvalue weighted by atomic mass is 16.1.